The summed E-state index contributed by atoms with van der Waals surface area (Å²) in [6.07, 6.45) is 4.92. The van der Waals surface area contributed by atoms with Gasteiger partial charge in [0, 0.05) is 11.4 Å². The molecule has 4 heteroatoms. The molecule has 0 aliphatic rings. The van der Waals surface area contributed by atoms with Crippen molar-refractivity contribution in [3.05, 3.63) is 53.1 Å². The van der Waals surface area contributed by atoms with Crippen LogP contribution in [0.15, 0.2) is 36.7 Å². The normalized spacial score (nSPS) is 10.3. The van der Waals surface area contributed by atoms with Crippen molar-refractivity contribution in [3.63, 3.8) is 0 Å². The van der Waals surface area contributed by atoms with Crippen LogP contribution in [0.2, 0.25) is 5.02 Å². The molecule has 0 atom stereocenters. The number of hydrogen-bond acceptors (Lipinski definition) is 3. The Labute approximate surface area is 99.3 Å². The molecular formula is C12H12ClN3. The van der Waals surface area contributed by atoms with Crippen LogP contribution in [0, 0.1) is 0 Å². The Bertz CT molecular complexity index is 468. The molecule has 3 nitrogen and oxygen atoms in total. The summed E-state index contributed by atoms with van der Waals surface area (Å²) in [5, 5.41) is 0.760. The third-order valence-corrected chi connectivity index (χ3v) is 2.49. The lowest BCUT2D eigenvalue weighted by atomic mass is 10.1. The molecule has 0 fully saturated rings. The van der Waals surface area contributed by atoms with E-state index in [9.17, 15) is 0 Å². The van der Waals surface area contributed by atoms with Crippen LogP contribution in [-0.2, 0) is 12.8 Å². The summed E-state index contributed by atoms with van der Waals surface area (Å²) in [6.45, 7) is 0. The van der Waals surface area contributed by atoms with Gasteiger partial charge in [0.1, 0.15) is 5.82 Å². The summed E-state index contributed by atoms with van der Waals surface area (Å²) >= 11 is 5.90. The van der Waals surface area contributed by atoms with Gasteiger partial charge < -0.3 is 5.73 Å². The Morgan fingerprint density at radius 3 is 2.56 bits per heavy atom. The lowest BCUT2D eigenvalue weighted by Crippen LogP contribution is -1.99. The van der Waals surface area contributed by atoms with Crippen molar-refractivity contribution in [2.75, 3.05) is 5.73 Å². The molecule has 0 aliphatic heterocycles. The monoisotopic (exact) mass is 233 g/mol. The van der Waals surface area contributed by atoms with Gasteiger partial charge in [0.15, 0.2) is 0 Å². The largest absolute Gasteiger partial charge is 0.396 e. The molecule has 16 heavy (non-hydrogen) atoms. The first kappa shape index (κ1) is 10.9. The van der Waals surface area contributed by atoms with E-state index in [1.54, 1.807) is 12.4 Å². The summed E-state index contributed by atoms with van der Waals surface area (Å²) in [5.41, 5.74) is 7.29. The van der Waals surface area contributed by atoms with Gasteiger partial charge in [0.2, 0.25) is 0 Å². The quantitative estimate of drug-likeness (QED) is 0.886. The highest BCUT2D eigenvalue weighted by atomic mass is 35.5. The summed E-state index contributed by atoms with van der Waals surface area (Å²) < 4.78 is 0. The van der Waals surface area contributed by atoms with Crippen LogP contribution < -0.4 is 5.73 Å². The van der Waals surface area contributed by atoms with Crippen LogP contribution in [0.4, 0.5) is 5.69 Å². The second-order valence-electron chi connectivity index (χ2n) is 3.56. The van der Waals surface area contributed by atoms with E-state index in [1.165, 1.54) is 5.56 Å². The molecule has 0 spiro atoms. The first-order chi connectivity index (χ1) is 7.74. The minimum atomic E-state index is 0.589. The van der Waals surface area contributed by atoms with Crippen LogP contribution >= 0.6 is 11.6 Å². The fourth-order valence-corrected chi connectivity index (χ4v) is 1.66. The van der Waals surface area contributed by atoms with Gasteiger partial charge >= 0.3 is 0 Å². The highest BCUT2D eigenvalue weighted by Crippen LogP contribution is 2.12. The maximum atomic E-state index is 5.90. The van der Waals surface area contributed by atoms with Crippen LogP contribution in [0.25, 0.3) is 0 Å². The highest BCUT2D eigenvalue weighted by Gasteiger charge is 1.99. The molecule has 0 aliphatic carbocycles. The first-order valence-corrected chi connectivity index (χ1v) is 5.43. The second-order valence-corrected chi connectivity index (χ2v) is 4.00. The molecule has 0 bridgehead atoms. The number of anilines is 1. The Morgan fingerprint density at radius 1 is 1.12 bits per heavy atom. The standard InChI is InChI=1S/C12H12ClN3/c13-10-3-1-2-9(6-10)4-5-12-15-7-11(14)8-16-12/h1-3,6-8H,4-5,14H2. The Balaban J connectivity index is 1.99. The van der Waals surface area contributed by atoms with Crippen molar-refractivity contribution in [2.24, 2.45) is 0 Å². The van der Waals surface area contributed by atoms with Gasteiger partial charge in [-0.3, -0.25) is 0 Å². The topological polar surface area (TPSA) is 51.8 Å². The number of aromatic nitrogens is 2. The molecule has 1 aromatic carbocycles. The number of aryl methyl sites for hydroxylation is 2. The minimum Gasteiger partial charge on any atom is -0.396 e. The molecule has 0 radical (unpaired) electrons. The third kappa shape index (κ3) is 2.94. The zero-order chi connectivity index (χ0) is 11.4. The van der Waals surface area contributed by atoms with Crippen molar-refractivity contribution in [1.82, 2.24) is 9.97 Å². The van der Waals surface area contributed by atoms with Crippen molar-refractivity contribution in [2.45, 2.75) is 12.8 Å². The van der Waals surface area contributed by atoms with E-state index in [0.29, 0.717) is 5.69 Å². The van der Waals surface area contributed by atoms with Crippen LogP contribution in [0.1, 0.15) is 11.4 Å². The molecular weight excluding hydrogens is 222 g/mol. The van der Waals surface area contributed by atoms with Gasteiger partial charge in [-0.2, -0.15) is 0 Å². The molecule has 2 rings (SSSR count). The van der Waals surface area contributed by atoms with E-state index in [2.05, 4.69) is 9.97 Å². The van der Waals surface area contributed by atoms with Crippen LogP contribution in [-0.4, -0.2) is 9.97 Å². The van der Waals surface area contributed by atoms with Gasteiger partial charge in [-0.15, -0.1) is 0 Å². The van der Waals surface area contributed by atoms with E-state index in [-0.39, 0.29) is 0 Å². The fourth-order valence-electron chi connectivity index (χ4n) is 1.44. The molecule has 0 amide bonds. The van der Waals surface area contributed by atoms with E-state index < -0.39 is 0 Å². The summed E-state index contributed by atoms with van der Waals surface area (Å²) in [4.78, 5) is 8.29. The molecule has 2 aromatic rings. The summed E-state index contributed by atoms with van der Waals surface area (Å²) in [5.74, 6) is 0.800. The maximum Gasteiger partial charge on any atom is 0.128 e. The zero-order valence-electron chi connectivity index (χ0n) is 8.73. The van der Waals surface area contributed by atoms with Crippen molar-refractivity contribution < 1.29 is 0 Å². The average molecular weight is 234 g/mol. The van der Waals surface area contributed by atoms with E-state index >= 15 is 0 Å². The van der Waals surface area contributed by atoms with Gasteiger partial charge in [0.25, 0.3) is 0 Å². The van der Waals surface area contributed by atoms with Crippen molar-refractivity contribution in [1.29, 1.82) is 0 Å². The zero-order valence-corrected chi connectivity index (χ0v) is 9.48. The summed E-state index contributed by atoms with van der Waals surface area (Å²) in [7, 11) is 0. The predicted molar refractivity (Wildman–Crippen MR) is 65.3 cm³/mol. The molecule has 1 aromatic heterocycles. The van der Waals surface area contributed by atoms with E-state index in [4.69, 9.17) is 17.3 Å². The van der Waals surface area contributed by atoms with Crippen molar-refractivity contribution >= 4 is 17.3 Å². The fraction of sp³-hybridized carbons (Fsp3) is 0.167. The molecule has 0 saturated heterocycles. The number of rotatable bonds is 3. The van der Waals surface area contributed by atoms with Gasteiger partial charge in [-0.1, -0.05) is 23.7 Å². The smallest absolute Gasteiger partial charge is 0.128 e. The number of nitrogens with zero attached hydrogens (tertiary/aromatic N) is 2. The number of halogens is 1. The molecule has 1 heterocycles. The Morgan fingerprint density at radius 2 is 1.88 bits per heavy atom. The molecule has 82 valence electrons. The van der Waals surface area contributed by atoms with Crippen LogP contribution in [0.3, 0.4) is 0 Å². The van der Waals surface area contributed by atoms with Gasteiger partial charge in [-0.05, 0) is 24.1 Å². The predicted octanol–water partition coefficient (Wildman–Crippen LogP) is 2.50. The third-order valence-electron chi connectivity index (χ3n) is 2.25. The Kier molecular flexibility index (Phi) is 3.37. The van der Waals surface area contributed by atoms with Crippen LogP contribution in [0.5, 0.6) is 0 Å². The first-order valence-electron chi connectivity index (χ1n) is 5.05. The lowest BCUT2D eigenvalue weighted by Gasteiger charge is -2.01. The lowest BCUT2D eigenvalue weighted by molar-refractivity contribution is 0.859. The number of nitrogens with two attached hydrogens (primary N) is 1. The SMILES string of the molecule is Nc1cnc(CCc2cccc(Cl)c2)nc1. The maximum absolute atomic E-state index is 5.90. The number of nitrogen functional groups attached to an aromatic ring is 1. The van der Waals surface area contributed by atoms with Gasteiger partial charge in [0.05, 0.1) is 18.1 Å². The average Bonchev–Trinajstić information content (AvgIpc) is 2.28. The highest BCUT2D eigenvalue weighted by molar-refractivity contribution is 6.30. The van der Waals surface area contributed by atoms with E-state index in [1.807, 2.05) is 24.3 Å². The molecule has 0 unspecified atom stereocenters. The van der Waals surface area contributed by atoms with Crippen molar-refractivity contribution in [3.8, 4) is 0 Å². The summed E-state index contributed by atoms with van der Waals surface area (Å²) in [6, 6.07) is 7.81. The number of hydrogen-bond donors (Lipinski definition) is 1. The van der Waals surface area contributed by atoms with Gasteiger partial charge in [-0.25, -0.2) is 9.97 Å². The molecule has 2 N–H and O–H groups in total. The minimum absolute atomic E-state index is 0.589. The Hall–Kier alpha value is -1.61. The second kappa shape index (κ2) is 4.94. The molecule has 0 saturated carbocycles. The van der Waals surface area contributed by atoms with E-state index in [0.717, 1.165) is 23.7 Å². The number of benzene rings is 1.